The molecule has 0 spiro atoms. The Morgan fingerprint density at radius 1 is 1.29 bits per heavy atom. The molecule has 0 aliphatic carbocycles. The molecule has 0 saturated carbocycles. The maximum absolute atomic E-state index is 8.56. The third kappa shape index (κ3) is 4.73. The molecule has 0 aliphatic rings. The van der Waals surface area contributed by atoms with Crippen molar-refractivity contribution in [3.05, 3.63) is 29.8 Å². The van der Waals surface area contributed by atoms with E-state index < -0.39 is 0 Å². The first kappa shape index (κ1) is 14.0. The second kappa shape index (κ2) is 8.06. The van der Waals surface area contributed by atoms with Crippen molar-refractivity contribution in [3.63, 3.8) is 0 Å². The van der Waals surface area contributed by atoms with E-state index in [0.717, 1.165) is 17.9 Å². The molecule has 0 radical (unpaired) electrons. The Kier molecular flexibility index (Phi) is 6.62. The van der Waals surface area contributed by atoms with Gasteiger partial charge in [-0.25, -0.2) is 0 Å². The highest BCUT2D eigenvalue weighted by Crippen LogP contribution is 2.23. The molecule has 4 heteroatoms. The molecule has 1 aromatic carbocycles. The fourth-order valence-corrected chi connectivity index (χ4v) is 1.65. The molecule has 1 unspecified atom stereocenters. The van der Waals surface area contributed by atoms with Crippen molar-refractivity contribution in [2.75, 3.05) is 33.5 Å². The summed E-state index contributed by atoms with van der Waals surface area (Å²) in [5.41, 5.74) is 1.14. The molecular weight excluding hydrogens is 218 g/mol. The molecule has 0 bridgehead atoms. The zero-order chi connectivity index (χ0) is 12.5. The van der Waals surface area contributed by atoms with Gasteiger partial charge in [0.25, 0.3) is 0 Å². The van der Waals surface area contributed by atoms with Gasteiger partial charge < -0.3 is 19.9 Å². The minimum absolute atomic E-state index is 0.0715. The number of hydrogen-bond donors (Lipinski definition) is 2. The van der Waals surface area contributed by atoms with Gasteiger partial charge in [0.1, 0.15) is 5.75 Å². The van der Waals surface area contributed by atoms with E-state index in [4.69, 9.17) is 14.6 Å². The Hall–Kier alpha value is -1.10. The van der Waals surface area contributed by atoms with Crippen LogP contribution in [-0.2, 0) is 4.74 Å². The molecule has 1 atom stereocenters. The Balaban J connectivity index is 2.38. The molecule has 96 valence electrons. The number of ether oxygens (including phenoxy) is 2. The summed E-state index contributed by atoms with van der Waals surface area (Å²) in [4.78, 5) is 0. The Morgan fingerprint density at radius 2 is 2.06 bits per heavy atom. The minimum atomic E-state index is 0.0715. The number of aliphatic hydroxyl groups is 1. The smallest absolute Gasteiger partial charge is 0.123 e. The van der Waals surface area contributed by atoms with Crippen LogP contribution in [0.4, 0.5) is 0 Å². The predicted octanol–water partition coefficient (Wildman–Crippen LogP) is 1.35. The Morgan fingerprint density at radius 3 is 2.76 bits per heavy atom. The van der Waals surface area contributed by atoms with Crippen molar-refractivity contribution in [1.82, 2.24) is 5.32 Å². The van der Waals surface area contributed by atoms with Crippen LogP contribution in [0.3, 0.4) is 0 Å². The van der Waals surface area contributed by atoms with Gasteiger partial charge in [-0.15, -0.1) is 0 Å². The van der Waals surface area contributed by atoms with Gasteiger partial charge in [-0.1, -0.05) is 18.2 Å². The molecule has 0 heterocycles. The van der Waals surface area contributed by atoms with Crippen LogP contribution in [0.25, 0.3) is 0 Å². The fourth-order valence-electron chi connectivity index (χ4n) is 1.65. The summed E-state index contributed by atoms with van der Waals surface area (Å²) in [6, 6.07) is 8.17. The van der Waals surface area contributed by atoms with Crippen LogP contribution < -0.4 is 10.1 Å². The molecule has 0 amide bonds. The number of para-hydroxylation sites is 1. The van der Waals surface area contributed by atoms with E-state index in [9.17, 15) is 0 Å². The molecule has 0 saturated heterocycles. The second-order valence-corrected chi connectivity index (χ2v) is 3.75. The third-order valence-corrected chi connectivity index (χ3v) is 2.54. The van der Waals surface area contributed by atoms with E-state index in [2.05, 4.69) is 12.2 Å². The number of hydrogen-bond acceptors (Lipinski definition) is 4. The average Bonchev–Trinajstić information content (AvgIpc) is 2.38. The van der Waals surface area contributed by atoms with Crippen molar-refractivity contribution in [3.8, 4) is 5.75 Å². The number of rotatable bonds is 8. The van der Waals surface area contributed by atoms with Crippen molar-refractivity contribution in [2.24, 2.45) is 0 Å². The molecule has 4 nitrogen and oxygen atoms in total. The second-order valence-electron chi connectivity index (χ2n) is 3.75. The van der Waals surface area contributed by atoms with Gasteiger partial charge >= 0.3 is 0 Å². The summed E-state index contributed by atoms with van der Waals surface area (Å²) in [7, 11) is 1.68. The Bertz CT molecular complexity index is 317. The number of benzene rings is 1. The van der Waals surface area contributed by atoms with Crippen LogP contribution in [0.1, 0.15) is 18.5 Å². The zero-order valence-corrected chi connectivity index (χ0v) is 10.5. The average molecular weight is 239 g/mol. The van der Waals surface area contributed by atoms with Gasteiger partial charge in [-0.2, -0.15) is 0 Å². The molecule has 1 rings (SSSR count). The molecular formula is C13H21NO3. The lowest BCUT2D eigenvalue weighted by molar-refractivity contribution is 0.0928. The monoisotopic (exact) mass is 239 g/mol. The fraction of sp³-hybridized carbons (Fsp3) is 0.538. The maximum Gasteiger partial charge on any atom is 0.123 e. The molecule has 0 fully saturated rings. The summed E-state index contributed by atoms with van der Waals surface area (Å²) >= 11 is 0. The first-order valence-corrected chi connectivity index (χ1v) is 5.84. The first-order chi connectivity index (χ1) is 8.29. The van der Waals surface area contributed by atoms with E-state index in [1.165, 1.54) is 0 Å². The van der Waals surface area contributed by atoms with Crippen molar-refractivity contribution in [1.29, 1.82) is 0 Å². The number of nitrogens with one attached hydrogen (secondary N) is 1. The van der Waals surface area contributed by atoms with Crippen LogP contribution in [0.5, 0.6) is 5.75 Å². The molecule has 1 aromatic rings. The SMILES string of the molecule is COc1ccccc1C(C)NCCOCCO. The van der Waals surface area contributed by atoms with Crippen molar-refractivity contribution >= 4 is 0 Å². The highest BCUT2D eigenvalue weighted by Gasteiger charge is 2.09. The zero-order valence-electron chi connectivity index (χ0n) is 10.5. The highest BCUT2D eigenvalue weighted by atomic mass is 16.5. The van der Waals surface area contributed by atoms with Gasteiger partial charge in [0.15, 0.2) is 0 Å². The number of methoxy groups -OCH3 is 1. The van der Waals surface area contributed by atoms with Gasteiger partial charge in [-0.05, 0) is 13.0 Å². The molecule has 17 heavy (non-hydrogen) atoms. The summed E-state index contributed by atoms with van der Waals surface area (Å²) in [6.07, 6.45) is 0. The van der Waals surface area contributed by atoms with E-state index in [1.54, 1.807) is 7.11 Å². The first-order valence-electron chi connectivity index (χ1n) is 5.84. The van der Waals surface area contributed by atoms with Gasteiger partial charge in [0.05, 0.1) is 26.9 Å². The minimum Gasteiger partial charge on any atom is -0.496 e. The largest absolute Gasteiger partial charge is 0.496 e. The number of aliphatic hydroxyl groups excluding tert-OH is 1. The van der Waals surface area contributed by atoms with Crippen LogP contribution in [0.15, 0.2) is 24.3 Å². The third-order valence-electron chi connectivity index (χ3n) is 2.54. The van der Waals surface area contributed by atoms with E-state index in [-0.39, 0.29) is 12.6 Å². The van der Waals surface area contributed by atoms with Gasteiger partial charge in [0, 0.05) is 18.2 Å². The van der Waals surface area contributed by atoms with Crippen LogP contribution in [-0.4, -0.2) is 38.6 Å². The molecule has 0 aliphatic heterocycles. The van der Waals surface area contributed by atoms with Crippen molar-refractivity contribution in [2.45, 2.75) is 13.0 Å². The summed E-state index contributed by atoms with van der Waals surface area (Å²) in [6.45, 7) is 3.90. The predicted molar refractivity (Wildman–Crippen MR) is 67.3 cm³/mol. The Labute approximate surface area is 103 Å². The maximum atomic E-state index is 8.56. The van der Waals surface area contributed by atoms with Crippen LogP contribution >= 0.6 is 0 Å². The highest BCUT2D eigenvalue weighted by molar-refractivity contribution is 5.35. The quantitative estimate of drug-likeness (QED) is 0.672. The normalized spacial score (nSPS) is 12.4. The lowest BCUT2D eigenvalue weighted by Crippen LogP contribution is -2.24. The summed E-state index contributed by atoms with van der Waals surface area (Å²) in [5.74, 6) is 0.892. The van der Waals surface area contributed by atoms with E-state index >= 15 is 0 Å². The lowest BCUT2D eigenvalue weighted by atomic mass is 10.1. The standard InChI is InChI=1S/C13H21NO3/c1-11(14-7-9-17-10-8-15)12-5-3-4-6-13(12)16-2/h3-6,11,14-15H,7-10H2,1-2H3. The van der Waals surface area contributed by atoms with Crippen LogP contribution in [0, 0.1) is 0 Å². The molecule has 2 N–H and O–H groups in total. The van der Waals surface area contributed by atoms with Crippen LogP contribution in [0.2, 0.25) is 0 Å². The topological polar surface area (TPSA) is 50.7 Å². The summed E-state index contributed by atoms with van der Waals surface area (Å²) < 4.78 is 10.5. The van der Waals surface area contributed by atoms with E-state index in [1.807, 2.05) is 24.3 Å². The lowest BCUT2D eigenvalue weighted by Gasteiger charge is -2.17. The summed E-state index contributed by atoms with van der Waals surface area (Å²) in [5, 5.41) is 11.9. The molecule has 0 aromatic heterocycles. The van der Waals surface area contributed by atoms with E-state index in [0.29, 0.717) is 13.2 Å². The van der Waals surface area contributed by atoms with Crippen molar-refractivity contribution < 1.29 is 14.6 Å². The van der Waals surface area contributed by atoms with Gasteiger partial charge in [0.2, 0.25) is 0 Å². The van der Waals surface area contributed by atoms with Gasteiger partial charge in [-0.3, -0.25) is 0 Å².